The van der Waals surface area contributed by atoms with Gasteiger partial charge in [0, 0.05) is 19.3 Å². The number of allylic oxidation sites excluding steroid dienone is 22. The monoisotopic (exact) mass is 1150 g/mol. The van der Waals surface area contributed by atoms with Gasteiger partial charge in [0.1, 0.15) is 13.2 Å². The molecule has 0 saturated heterocycles. The number of rotatable bonds is 62. The minimum absolute atomic E-state index is 0.0864. The number of carbonyl (C=O) groups excluding carboxylic acids is 3. The lowest BCUT2D eigenvalue weighted by Gasteiger charge is -2.18. The summed E-state index contributed by atoms with van der Waals surface area (Å²) in [4.78, 5) is 38.4. The van der Waals surface area contributed by atoms with E-state index in [1.807, 2.05) is 0 Å². The molecular formula is C77H128O6. The topological polar surface area (TPSA) is 78.9 Å². The van der Waals surface area contributed by atoms with Crippen molar-refractivity contribution in [3.05, 3.63) is 134 Å². The molecule has 0 heterocycles. The molecular weight excluding hydrogens is 1020 g/mol. The molecule has 0 aromatic carbocycles. The molecule has 0 N–H and O–H groups in total. The number of unbranched alkanes of at least 4 members (excludes halogenated alkanes) is 29. The molecule has 0 aliphatic rings. The standard InChI is InChI=1S/C77H128O6/c1-4-7-10-13-16-19-22-25-27-29-31-33-35-36-37-38-39-40-42-43-45-47-49-52-55-58-61-64-67-70-76(79)82-73-74(72-81-75(78)69-66-63-60-57-54-51-24-21-18-15-12-9-6-3)83-77(80)71-68-65-62-59-56-53-50-48-46-44-41-34-32-30-28-26-23-20-17-14-11-8-5-2/h7-8,10-12,15-17,19-21,24-28,31-34,36-37,74H,4-6,9,13-14,18,22-23,29-30,35,38-73H2,1-3H3/b10-7-,11-8-,15-12-,19-16-,20-17-,24-21-,27-25-,28-26-,33-31-,34-32-,37-36-. The second-order valence-electron chi connectivity index (χ2n) is 22.7. The molecule has 0 amide bonds. The van der Waals surface area contributed by atoms with Gasteiger partial charge in [0.2, 0.25) is 0 Å². The average Bonchev–Trinajstić information content (AvgIpc) is 3.49. The van der Waals surface area contributed by atoms with Crippen LogP contribution in [0, 0.1) is 0 Å². The van der Waals surface area contributed by atoms with E-state index >= 15 is 0 Å². The van der Waals surface area contributed by atoms with E-state index in [9.17, 15) is 14.4 Å². The van der Waals surface area contributed by atoms with E-state index in [2.05, 4.69) is 154 Å². The van der Waals surface area contributed by atoms with E-state index in [0.717, 1.165) is 148 Å². The second kappa shape index (κ2) is 70.0. The van der Waals surface area contributed by atoms with Gasteiger partial charge < -0.3 is 14.2 Å². The third-order valence-corrected chi connectivity index (χ3v) is 14.6. The van der Waals surface area contributed by atoms with Gasteiger partial charge in [-0.1, -0.05) is 302 Å². The van der Waals surface area contributed by atoms with Crippen LogP contribution in [0.4, 0.5) is 0 Å². The molecule has 0 rings (SSSR count). The SMILES string of the molecule is CC/C=C\C/C=C\C/C=C\C/C=C\C/C=C\CCCCCCCCCCCCCCCC(=O)OCC(COC(=O)CCCCCCC/C=C\C/C=C\CCC)OC(=O)CCCCCCCCCCCC/C=C\C/C=C\C/C=C\C/C=C\CC. The summed E-state index contributed by atoms with van der Waals surface area (Å²) in [6.07, 6.45) is 99.0. The summed E-state index contributed by atoms with van der Waals surface area (Å²) >= 11 is 0. The highest BCUT2D eigenvalue weighted by molar-refractivity contribution is 5.71. The predicted molar refractivity (Wildman–Crippen MR) is 362 cm³/mol. The molecule has 6 nitrogen and oxygen atoms in total. The molecule has 0 aromatic heterocycles. The van der Waals surface area contributed by atoms with Gasteiger partial charge in [-0.15, -0.1) is 0 Å². The van der Waals surface area contributed by atoms with Gasteiger partial charge in [0.05, 0.1) is 0 Å². The Morgan fingerprint density at radius 1 is 0.253 bits per heavy atom. The van der Waals surface area contributed by atoms with Crippen molar-refractivity contribution in [3.8, 4) is 0 Å². The third kappa shape index (κ3) is 68.2. The summed E-state index contributed by atoms with van der Waals surface area (Å²) in [7, 11) is 0. The van der Waals surface area contributed by atoms with Crippen molar-refractivity contribution in [3.63, 3.8) is 0 Å². The van der Waals surface area contributed by atoms with E-state index < -0.39 is 6.10 Å². The van der Waals surface area contributed by atoms with Gasteiger partial charge in [-0.3, -0.25) is 14.4 Å². The fourth-order valence-electron chi connectivity index (χ4n) is 9.50. The molecule has 83 heavy (non-hydrogen) atoms. The van der Waals surface area contributed by atoms with Gasteiger partial charge in [-0.25, -0.2) is 0 Å². The van der Waals surface area contributed by atoms with Crippen LogP contribution in [-0.2, 0) is 28.6 Å². The summed E-state index contributed by atoms with van der Waals surface area (Å²) in [5.74, 6) is -0.899. The molecule has 1 unspecified atom stereocenters. The Bertz CT molecular complexity index is 1750. The zero-order valence-corrected chi connectivity index (χ0v) is 54.2. The summed E-state index contributed by atoms with van der Waals surface area (Å²) in [5, 5.41) is 0. The minimum Gasteiger partial charge on any atom is -0.462 e. The van der Waals surface area contributed by atoms with Crippen molar-refractivity contribution < 1.29 is 28.6 Å². The lowest BCUT2D eigenvalue weighted by Crippen LogP contribution is -2.30. The minimum atomic E-state index is -0.792. The van der Waals surface area contributed by atoms with Crippen LogP contribution in [-0.4, -0.2) is 37.2 Å². The third-order valence-electron chi connectivity index (χ3n) is 14.6. The van der Waals surface area contributed by atoms with E-state index in [-0.39, 0.29) is 31.1 Å². The summed E-state index contributed by atoms with van der Waals surface area (Å²) < 4.78 is 17.0. The predicted octanol–water partition coefficient (Wildman–Crippen LogP) is 24.1. The van der Waals surface area contributed by atoms with E-state index in [1.54, 1.807) is 0 Å². The number of carbonyl (C=O) groups is 3. The van der Waals surface area contributed by atoms with Crippen molar-refractivity contribution in [2.45, 2.75) is 322 Å². The zero-order valence-electron chi connectivity index (χ0n) is 54.2. The lowest BCUT2D eigenvalue weighted by molar-refractivity contribution is -0.167. The summed E-state index contributed by atoms with van der Waals surface area (Å²) in [6.45, 7) is 6.36. The Labute approximate surface area is 513 Å². The smallest absolute Gasteiger partial charge is 0.306 e. The van der Waals surface area contributed by atoms with Crippen molar-refractivity contribution in [2.75, 3.05) is 13.2 Å². The zero-order chi connectivity index (χ0) is 59.9. The molecule has 0 bridgehead atoms. The van der Waals surface area contributed by atoms with Crippen molar-refractivity contribution in [1.82, 2.24) is 0 Å². The van der Waals surface area contributed by atoms with Gasteiger partial charge in [0.15, 0.2) is 6.10 Å². The molecule has 1 atom stereocenters. The molecule has 0 aliphatic carbocycles. The Kier molecular flexibility index (Phi) is 66.3. The molecule has 6 heteroatoms. The van der Waals surface area contributed by atoms with E-state index in [4.69, 9.17) is 14.2 Å². The number of ether oxygens (including phenoxy) is 3. The highest BCUT2D eigenvalue weighted by Crippen LogP contribution is 2.17. The molecule has 0 fully saturated rings. The van der Waals surface area contributed by atoms with Crippen LogP contribution in [0.1, 0.15) is 316 Å². The molecule has 0 radical (unpaired) electrons. The lowest BCUT2D eigenvalue weighted by atomic mass is 10.0. The van der Waals surface area contributed by atoms with Crippen LogP contribution in [0.25, 0.3) is 0 Å². The fourth-order valence-corrected chi connectivity index (χ4v) is 9.50. The van der Waals surface area contributed by atoms with Gasteiger partial charge in [-0.2, -0.15) is 0 Å². The maximum Gasteiger partial charge on any atom is 0.306 e. The Morgan fingerprint density at radius 2 is 0.470 bits per heavy atom. The van der Waals surface area contributed by atoms with Crippen LogP contribution < -0.4 is 0 Å². The molecule has 0 aliphatic heterocycles. The highest BCUT2D eigenvalue weighted by Gasteiger charge is 2.19. The first-order chi connectivity index (χ1) is 41.0. The first-order valence-electron chi connectivity index (χ1n) is 34.7. The first-order valence-corrected chi connectivity index (χ1v) is 34.7. The van der Waals surface area contributed by atoms with Crippen LogP contribution in [0.3, 0.4) is 0 Å². The summed E-state index contributed by atoms with van der Waals surface area (Å²) in [6, 6.07) is 0. The molecule has 472 valence electrons. The van der Waals surface area contributed by atoms with Crippen LogP contribution in [0.5, 0.6) is 0 Å². The Balaban J connectivity index is 4.29. The maximum absolute atomic E-state index is 13.0. The Hall–Kier alpha value is -4.45. The second-order valence-corrected chi connectivity index (χ2v) is 22.7. The first kappa shape index (κ1) is 78.5. The normalized spacial score (nSPS) is 13.0. The highest BCUT2D eigenvalue weighted by atomic mass is 16.6. The van der Waals surface area contributed by atoms with Gasteiger partial charge >= 0.3 is 17.9 Å². The number of hydrogen-bond donors (Lipinski definition) is 0. The fraction of sp³-hybridized carbons (Fsp3) is 0.675. The number of esters is 3. The van der Waals surface area contributed by atoms with Crippen molar-refractivity contribution in [2.24, 2.45) is 0 Å². The maximum atomic E-state index is 13.0. The average molecular weight is 1150 g/mol. The largest absolute Gasteiger partial charge is 0.462 e. The molecule has 0 saturated carbocycles. The molecule has 0 spiro atoms. The van der Waals surface area contributed by atoms with Crippen molar-refractivity contribution >= 4 is 17.9 Å². The number of hydrogen-bond acceptors (Lipinski definition) is 6. The van der Waals surface area contributed by atoms with Crippen molar-refractivity contribution in [1.29, 1.82) is 0 Å². The van der Waals surface area contributed by atoms with E-state index in [0.29, 0.717) is 19.3 Å². The molecule has 0 aromatic rings. The van der Waals surface area contributed by atoms with Gasteiger partial charge in [-0.05, 0) is 128 Å². The van der Waals surface area contributed by atoms with Crippen LogP contribution in [0.15, 0.2) is 134 Å². The summed E-state index contributed by atoms with van der Waals surface area (Å²) in [5.41, 5.74) is 0. The quantitative estimate of drug-likeness (QED) is 0.0261. The van der Waals surface area contributed by atoms with Crippen LogP contribution in [0.2, 0.25) is 0 Å². The van der Waals surface area contributed by atoms with Gasteiger partial charge in [0.25, 0.3) is 0 Å². The van der Waals surface area contributed by atoms with E-state index in [1.165, 1.54) is 128 Å². The van der Waals surface area contributed by atoms with Crippen LogP contribution >= 0.6 is 0 Å². The Morgan fingerprint density at radius 3 is 0.735 bits per heavy atom.